The molecule has 1 aromatic rings. The van der Waals surface area contributed by atoms with E-state index in [2.05, 4.69) is 11.5 Å². The number of esters is 1. The number of hydrogen-bond donors (Lipinski definition) is 0. The van der Waals surface area contributed by atoms with Gasteiger partial charge in [0.05, 0.1) is 22.9 Å². The van der Waals surface area contributed by atoms with Crippen LogP contribution in [0.3, 0.4) is 0 Å². The summed E-state index contributed by atoms with van der Waals surface area (Å²) in [6.45, 7) is 7.29. The minimum atomic E-state index is -0.346. The lowest BCUT2D eigenvalue weighted by molar-refractivity contribution is -0.139. The van der Waals surface area contributed by atoms with Gasteiger partial charge in [0.25, 0.3) is 0 Å². The summed E-state index contributed by atoms with van der Waals surface area (Å²) < 4.78 is 4.82. The molecule has 1 aliphatic rings. The molecule has 0 aliphatic carbocycles. The Balaban J connectivity index is 2.16. The Kier molecular flexibility index (Phi) is 5.07. The van der Waals surface area contributed by atoms with E-state index in [1.165, 1.54) is 19.3 Å². The van der Waals surface area contributed by atoms with Crippen LogP contribution in [0.1, 0.15) is 37.7 Å². The fourth-order valence-electron chi connectivity index (χ4n) is 2.50. The van der Waals surface area contributed by atoms with Crippen LogP contribution in [0.15, 0.2) is 31.0 Å². The van der Waals surface area contributed by atoms with E-state index in [9.17, 15) is 4.79 Å². The zero-order valence-corrected chi connectivity index (χ0v) is 12.5. The fraction of sp³-hybridized carbons (Fsp3) is 0.438. The monoisotopic (exact) mass is 293 g/mol. The number of halogens is 1. The first kappa shape index (κ1) is 14.9. The van der Waals surface area contributed by atoms with E-state index in [1.807, 2.05) is 18.2 Å². The highest BCUT2D eigenvalue weighted by Crippen LogP contribution is 2.31. The Morgan fingerprint density at radius 2 is 2.10 bits per heavy atom. The Morgan fingerprint density at radius 3 is 2.70 bits per heavy atom. The van der Waals surface area contributed by atoms with E-state index in [-0.39, 0.29) is 11.9 Å². The average molecular weight is 294 g/mol. The molecule has 0 amide bonds. The minimum absolute atomic E-state index is 0.318. The molecule has 4 heteroatoms. The maximum atomic E-state index is 11.7. The molecule has 1 atom stereocenters. The van der Waals surface area contributed by atoms with Gasteiger partial charge in [-0.1, -0.05) is 24.2 Å². The van der Waals surface area contributed by atoms with Crippen LogP contribution >= 0.6 is 11.6 Å². The molecular weight excluding hydrogens is 274 g/mol. The van der Waals surface area contributed by atoms with Gasteiger partial charge in [0, 0.05) is 13.1 Å². The zero-order valence-electron chi connectivity index (χ0n) is 11.8. The number of carbonyl (C=O) groups excluding carboxylic acids is 1. The molecule has 20 heavy (non-hydrogen) atoms. The van der Waals surface area contributed by atoms with Crippen LogP contribution in [0.2, 0.25) is 5.02 Å². The Morgan fingerprint density at radius 1 is 1.40 bits per heavy atom. The highest BCUT2D eigenvalue weighted by molar-refractivity contribution is 6.33. The van der Waals surface area contributed by atoms with E-state index in [4.69, 9.17) is 16.3 Å². The maximum absolute atomic E-state index is 11.7. The summed E-state index contributed by atoms with van der Waals surface area (Å²) in [5.74, 6) is -0.664. The van der Waals surface area contributed by atoms with Crippen LogP contribution in [0.4, 0.5) is 5.69 Å². The third-order valence-corrected chi connectivity index (χ3v) is 4.02. The standard InChI is InChI=1S/C16H20ClNO2/c1-3-20-16(19)12(2)13-7-8-15(14(17)11-13)18-9-5-4-6-10-18/h3,7-8,11-12H,1,4-6,9-10H2,2H3. The maximum Gasteiger partial charge on any atom is 0.317 e. The zero-order chi connectivity index (χ0) is 14.5. The van der Waals surface area contributed by atoms with Gasteiger partial charge in [0.15, 0.2) is 0 Å². The molecule has 1 unspecified atom stereocenters. The molecule has 2 rings (SSSR count). The third kappa shape index (κ3) is 3.34. The second-order valence-corrected chi connectivity index (χ2v) is 5.49. The summed E-state index contributed by atoms with van der Waals surface area (Å²) in [7, 11) is 0. The lowest BCUT2D eigenvalue weighted by atomic mass is 10.0. The summed E-state index contributed by atoms with van der Waals surface area (Å²) >= 11 is 6.37. The van der Waals surface area contributed by atoms with Crippen molar-refractivity contribution in [2.75, 3.05) is 18.0 Å². The van der Waals surface area contributed by atoms with Gasteiger partial charge in [-0.2, -0.15) is 0 Å². The van der Waals surface area contributed by atoms with E-state index >= 15 is 0 Å². The molecule has 1 saturated heterocycles. The van der Waals surface area contributed by atoms with Crippen molar-refractivity contribution < 1.29 is 9.53 Å². The second-order valence-electron chi connectivity index (χ2n) is 5.08. The van der Waals surface area contributed by atoms with Gasteiger partial charge in [0.1, 0.15) is 0 Å². The van der Waals surface area contributed by atoms with Crippen LogP contribution in [0.25, 0.3) is 0 Å². The number of ether oxygens (including phenoxy) is 1. The molecular formula is C16H20ClNO2. The molecule has 1 aromatic carbocycles. The van der Waals surface area contributed by atoms with Crippen LogP contribution in [0.5, 0.6) is 0 Å². The average Bonchev–Trinajstić information content (AvgIpc) is 2.47. The summed E-state index contributed by atoms with van der Waals surface area (Å²) in [6, 6.07) is 5.81. The van der Waals surface area contributed by atoms with Crippen LogP contribution in [-0.4, -0.2) is 19.1 Å². The van der Waals surface area contributed by atoms with Gasteiger partial charge >= 0.3 is 5.97 Å². The molecule has 1 aliphatic heterocycles. The van der Waals surface area contributed by atoms with Crippen molar-refractivity contribution in [3.05, 3.63) is 41.6 Å². The normalized spacial score (nSPS) is 16.6. The summed E-state index contributed by atoms with van der Waals surface area (Å²) in [4.78, 5) is 14.0. The molecule has 0 N–H and O–H groups in total. The van der Waals surface area contributed by atoms with Gasteiger partial charge in [-0.05, 0) is 43.9 Å². The lowest BCUT2D eigenvalue weighted by Crippen LogP contribution is -2.29. The highest BCUT2D eigenvalue weighted by Gasteiger charge is 2.19. The number of hydrogen-bond acceptors (Lipinski definition) is 3. The predicted octanol–water partition coefficient (Wildman–Crippen LogP) is 4.12. The Hall–Kier alpha value is -1.48. The molecule has 1 heterocycles. The van der Waals surface area contributed by atoms with E-state index < -0.39 is 0 Å². The lowest BCUT2D eigenvalue weighted by Gasteiger charge is -2.29. The third-order valence-electron chi connectivity index (χ3n) is 3.72. The van der Waals surface area contributed by atoms with Crippen molar-refractivity contribution in [1.82, 2.24) is 0 Å². The van der Waals surface area contributed by atoms with Gasteiger partial charge in [0.2, 0.25) is 0 Å². The number of rotatable bonds is 4. The predicted molar refractivity (Wildman–Crippen MR) is 82.2 cm³/mol. The number of nitrogens with zero attached hydrogens (tertiary/aromatic N) is 1. The largest absolute Gasteiger partial charge is 0.435 e. The van der Waals surface area contributed by atoms with Crippen molar-refractivity contribution >= 4 is 23.3 Å². The summed E-state index contributed by atoms with van der Waals surface area (Å²) in [5, 5.41) is 0.697. The van der Waals surface area contributed by atoms with Crippen LogP contribution in [0, 0.1) is 0 Å². The quantitative estimate of drug-likeness (QED) is 0.618. The van der Waals surface area contributed by atoms with Crippen LogP contribution < -0.4 is 4.90 Å². The Labute approximate surface area is 125 Å². The van der Waals surface area contributed by atoms with Crippen molar-refractivity contribution in [2.24, 2.45) is 0 Å². The first-order chi connectivity index (χ1) is 9.63. The van der Waals surface area contributed by atoms with Gasteiger partial charge in [-0.25, -0.2) is 0 Å². The van der Waals surface area contributed by atoms with Crippen molar-refractivity contribution in [1.29, 1.82) is 0 Å². The van der Waals surface area contributed by atoms with Crippen molar-refractivity contribution in [3.63, 3.8) is 0 Å². The topological polar surface area (TPSA) is 29.5 Å². The molecule has 0 aromatic heterocycles. The number of piperidine rings is 1. The minimum Gasteiger partial charge on any atom is -0.435 e. The first-order valence-electron chi connectivity index (χ1n) is 6.99. The smallest absolute Gasteiger partial charge is 0.317 e. The molecule has 0 saturated carbocycles. The number of benzene rings is 1. The first-order valence-corrected chi connectivity index (χ1v) is 7.37. The fourth-order valence-corrected chi connectivity index (χ4v) is 2.81. The van der Waals surface area contributed by atoms with Crippen molar-refractivity contribution in [3.8, 4) is 0 Å². The summed E-state index contributed by atoms with van der Waals surface area (Å²) in [6.07, 6.45) is 4.86. The van der Waals surface area contributed by atoms with Crippen LogP contribution in [-0.2, 0) is 9.53 Å². The number of anilines is 1. The van der Waals surface area contributed by atoms with E-state index in [0.717, 1.165) is 30.6 Å². The van der Waals surface area contributed by atoms with E-state index in [0.29, 0.717) is 5.02 Å². The second kappa shape index (κ2) is 6.80. The molecule has 108 valence electrons. The van der Waals surface area contributed by atoms with E-state index in [1.54, 1.807) is 6.92 Å². The molecule has 3 nitrogen and oxygen atoms in total. The molecule has 0 radical (unpaired) electrons. The Bertz CT molecular complexity index is 495. The summed E-state index contributed by atoms with van der Waals surface area (Å²) in [5.41, 5.74) is 1.92. The molecule has 0 bridgehead atoms. The molecule has 0 spiro atoms. The van der Waals surface area contributed by atoms with Gasteiger partial charge in [-0.15, -0.1) is 0 Å². The SMILES string of the molecule is C=COC(=O)C(C)c1ccc(N2CCCCC2)c(Cl)c1. The van der Waals surface area contributed by atoms with Gasteiger partial charge in [-0.3, -0.25) is 4.79 Å². The van der Waals surface area contributed by atoms with Gasteiger partial charge < -0.3 is 9.64 Å². The molecule has 1 fully saturated rings. The van der Waals surface area contributed by atoms with Crippen molar-refractivity contribution in [2.45, 2.75) is 32.1 Å². The number of carbonyl (C=O) groups is 1. The highest BCUT2D eigenvalue weighted by atomic mass is 35.5.